The maximum atomic E-state index is 11.5. The summed E-state index contributed by atoms with van der Waals surface area (Å²) in [7, 11) is 0. The van der Waals surface area contributed by atoms with Gasteiger partial charge in [0.25, 0.3) is 0 Å². The van der Waals surface area contributed by atoms with Gasteiger partial charge in [0.2, 0.25) is 5.91 Å². The van der Waals surface area contributed by atoms with Crippen LogP contribution in [-0.4, -0.2) is 23.3 Å². The van der Waals surface area contributed by atoms with Crippen molar-refractivity contribution < 1.29 is 9.21 Å². The Morgan fingerprint density at radius 2 is 2.57 bits per heavy atom. The van der Waals surface area contributed by atoms with Gasteiger partial charge in [0, 0.05) is 18.8 Å². The minimum atomic E-state index is 0.0394. The predicted molar refractivity (Wildman–Crippen MR) is 52.4 cm³/mol. The average Bonchev–Trinajstić information content (AvgIpc) is 2.71. The molecule has 1 saturated heterocycles. The third kappa shape index (κ3) is 1.62. The fourth-order valence-corrected chi connectivity index (χ4v) is 1.74. The van der Waals surface area contributed by atoms with Crippen LogP contribution in [-0.2, 0) is 4.79 Å². The zero-order valence-electron chi connectivity index (χ0n) is 7.86. The normalized spacial score (nSPS) is 22.0. The Morgan fingerprint density at radius 3 is 3.07 bits per heavy atom. The smallest absolute Gasteiger partial charge is 0.304 e. The monoisotopic (exact) mass is 214 g/mol. The molecule has 0 bridgehead atoms. The van der Waals surface area contributed by atoms with Gasteiger partial charge in [-0.05, 0) is 12.8 Å². The molecule has 0 aliphatic carbocycles. The number of nitrogens with zero attached hydrogens (tertiary/aromatic N) is 2. The lowest BCUT2D eigenvalue weighted by Crippen LogP contribution is -2.24. The van der Waals surface area contributed by atoms with Crippen LogP contribution < -0.4 is 4.90 Å². The average molecular weight is 215 g/mol. The first kappa shape index (κ1) is 9.52. The third-order valence-corrected chi connectivity index (χ3v) is 2.70. The molecule has 1 unspecified atom stereocenters. The number of carbonyl (C=O) groups excluding carboxylic acids is 1. The van der Waals surface area contributed by atoms with Gasteiger partial charge >= 0.3 is 6.01 Å². The van der Waals surface area contributed by atoms with E-state index in [9.17, 15) is 4.79 Å². The van der Waals surface area contributed by atoms with Gasteiger partial charge in [-0.3, -0.25) is 9.69 Å². The Kier molecular flexibility index (Phi) is 2.46. The third-order valence-electron chi connectivity index (χ3n) is 2.26. The second-order valence-electron chi connectivity index (χ2n) is 3.50. The van der Waals surface area contributed by atoms with E-state index in [1.807, 2.05) is 6.92 Å². The van der Waals surface area contributed by atoms with E-state index in [2.05, 4.69) is 4.98 Å². The number of amides is 1. The van der Waals surface area contributed by atoms with Crippen molar-refractivity contribution in [1.82, 2.24) is 4.98 Å². The van der Waals surface area contributed by atoms with Crippen LogP contribution in [0.15, 0.2) is 10.7 Å². The van der Waals surface area contributed by atoms with E-state index in [0.717, 1.165) is 5.69 Å². The van der Waals surface area contributed by atoms with Crippen LogP contribution in [0.5, 0.6) is 0 Å². The molecule has 0 spiro atoms. The van der Waals surface area contributed by atoms with Crippen LogP contribution >= 0.6 is 11.6 Å². The molecule has 0 aromatic carbocycles. The van der Waals surface area contributed by atoms with Crippen molar-refractivity contribution in [2.45, 2.75) is 13.3 Å². The number of anilines is 1. The van der Waals surface area contributed by atoms with Gasteiger partial charge in [0.1, 0.15) is 6.26 Å². The molecule has 2 rings (SSSR count). The highest BCUT2D eigenvalue weighted by atomic mass is 35.5. The van der Waals surface area contributed by atoms with Crippen LogP contribution in [0.2, 0.25) is 0 Å². The molecule has 0 N–H and O–H groups in total. The zero-order valence-corrected chi connectivity index (χ0v) is 8.62. The van der Waals surface area contributed by atoms with E-state index in [1.54, 1.807) is 4.90 Å². The van der Waals surface area contributed by atoms with Gasteiger partial charge < -0.3 is 4.42 Å². The zero-order chi connectivity index (χ0) is 10.1. The number of aromatic nitrogens is 1. The Morgan fingerprint density at radius 1 is 1.79 bits per heavy atom. The van der Waals surface area contributed by atoms with Crippen molar-refractivity contribution in [3.63, 3.8) is 0 Å². The molecule has 1 aliphatic heterocycles. The molecule has 1 atom stereocenters. The number of alkyl halides is 1. The van der Waals surface area contributed by atoms with Crippen molar-refractivity contribution in [1.29, 1.82) is 0 Å². The Bertz CT molecular complexity index is 350. The molecule has 14 heavy (non-hydrogen) atoms. The molecule has 4 nitrogen and oxygen atoms in total. The van der Waals surface area contributed by atoms with Crippen molar-refractivity contribution in [2.75, 3.05) is 17.3 Å². The molecule has 1 amide bonds. The Balaban J connectivity index is 2.16. The molecule has 1 aromatic rings. The van der Waals surface area contributed by atoms with Crippen molar-refractivity contribution in [3.05, 3.63) is 12.0 Å². The number of halogens is 1. The minimum Gasteiger partial charge on any atom is -0.431 e. The number of hydrogen-bond donors (Lipinski definition) is 0. The lowest BCUT2D eigenvalue weighted by atomic mass is 10.2. The van der Waals surface area contributed by atoms with E-state index >= 15 is 0 Å². The molecule has 2 heterocycles. The quantitative estimate of drug-likeness (QED) is 0.703. The van der Waals surface area contributed by atoms with E-state index in [1.165, 1.54) is 6.26 Å². The van der Waals surface area contributed by atoms with Crippen LogP contribution in [0, 0.1) is 12.8 Å². The summed E-state index contributed by atoms with van der Waals surface area (Å²) >= 11 is 5.70. The van der Waals surface area contributed by atoms with Gasteiger partial charge in [0.05, 0.1) is 5.69 Å². The lowest BCUT2D eigenvalue weighted by Gasteiger charge is -2.09. The number of aryl methyl sites for hydroxylation is 1. The molecule has 1 aromatic heterocycles. The van der Waals surface area contributed by atoms with Crippen molar-refractivity contribution in [3.8, 4) is 0 Å². The standard InChI is InChI=1S/C9H11ClN2O2/c1-6-5-14-9(11-6)12-4-7(3-10)2-8(12)13/h5,7H,2-4H2,1H3. The van der Waals surface area contributed by atoms with Crippen molar-refractivity contribution >= 4 is 23.5 Å². The molecule has 0 saturated carbocycles. The van der Waals surface area contributed by atoms with E-state index in [4.69, 9.17) is 16.0 Å². The summed E-state index contributed by atoms with van der Waals surface area (Å²) in [6, 6.07) is 0.389. The first-order chi connectivity index (χ1) is 6.70. The number of rotatable bonds is 2. The summed E-state index contributed by atoms with van der Waals surface area (Å²) in [5.41, 5.74) is 0.780. The summed E-state index contributed by atoms with van der Waals surface area (Å²) in [4.78, 5) is 17.2. The first-order valence-corrected chi connectivity index (χ1v) is 5.02. The van der Waals surface area contributed by atoms with E-state index in [0.29, 0.717) is 24.9 Å². The van der Waals surface area contributed by atoms with Gasteiger partial charge in [-0.2, -0.15) is 4.98 Å². The van der Waals surface area contributed by atoms with E-state index in [-0.39, 0.29) is 11.8 Å². The van der Waals surface area contributed by atoms with Crippen molar-refractivity contribution in [2.24, 2.45) is 5.92 Å². The lowest BCUT2D eigenvalue weighted by molar-refractivity contribution is -0.117. The topological polar surface area (TPSA) is 46.3 Å². The number of oxazole rings is 1. The van der Waals surface area contributed by atoms with Crippen LogP contribution in [0.3, 0.4) is 0 Å². The maximum Gasteiger partial charge on any atom is 0.304 e. The Labute approximate surface area is 86.9 Å². The summed E-state index contributed by atoms with van der Waals surface area (Å²) in [5, 5.41) is 0. The summed E-state index contributed by atoms with van der Waals surface area (Å²) in [6.45, 7) is 2.44. The summed E-state index contributed by atoms with van der Waals surface area (Å²) in [5.74, 6) is 0.760. The predicted octanol–water partition coefficient (Wildman–Crippen LogP) is 1.57. The summed E-state index contributed by atoms with van der Waals surface area (Å²) in [6.07, 6.45) is 2.03. The number of carbonyl (C=O) groups is 1. The molecule has 76 valence electrons. The molecule has 1 aliphatic rings. The van der Waals surface area contributed by atoms with Gasteiger partial charge in [0.15, 0.2) is 0 Å². The molecule has 5 heteroatoms. The Hall–Kier alpha value is -1.03. The van der Waals surface area contributed by atoms with Gasteiger partial charge in [-0.15, -0.1) is 11.6 Å². The largest absolute Gasteiger partial charge is 0.431 e. The van der Waals surface area contributed by atoms with Crippen LogP contribution in [0.4, 0.5) is 6.01 Å². The highest BCUT2D eigenvalue weighted by Crippen LogP contribution is 2.24. The highest BCUT2D eigenvalue weighted by Gasteiger charge is 2.32. The highest BCUT2D eigenvalue weighted by molar-refractivity contribution is 6.18. The second-order valence-corrected chi connectivity index (χ2v) is 3.81. The van der Waals surface area contributed by atoms with Crippen LogP contribution in [0.25, 0.3) is 0 Å². The molecule has 1 fully saturated rings. The minimum absolute atomic E-state index is 0.0394. The van der Waals surface area contributed by atoms with Gasteiger partial charge in [-0.25, -0.2) is 0 Å². The maximum absolute atomic E-state index is 11.5. The molecule has 0 radical (unpaired) electrons. The molecular weight excluding hydrogens is 204 g/mol. The van der Waals surface area contributed by atoms with Gasteiger partial charge in [-0.1, -0.05) is 0 Å². The molecular formula is C9H11ClN2O2. The fourth-order valence-electron chi connectivity index (χ4n) is 1.54. The van der Waals surface area contributed by atoms with E-state index < -0.39 is 0 Å². The summed E-state index contributed by atoms with van der Waals surface area (Å²) < 4.78 is 5.16. The first-order valence-electron chi connectivity index (χ1n) is 4.49. The fraction of sp³-hybridized carbons (Fsp3) is 0.556. The van der Waals surface area contributed by atoms with Crippen LogP contribution in [0.1, 0.15) is 12.1 Å². The second kappa shape index (κ2) is 3.61. The number of hydrogen-bond acceptors (Lipinski definition) is 3. The SMILES string of the molecule is Cc1coc(N2CC(CCl)CC2=O)n1.